The molecule has 1 amide bonds. The topological polar surface area (TPSA) is 41.1 Å². The molecule has 1 fully saturated rings. The van der Waals surface area contributed by atoms with Crippen LogP contribution in [0.2, 0.25) is 0 Å². The maximum atomic E-state index is 12.8. The lowest BCUT2D eigenvalue weighted by atomic mass is 10.1. The summed E-state index contributed by atoms with van der Waals surface area (Å²) in [5.74, 6) is -0.693. The highest BCUT2D eigenvalue weighted by Crippen LogP contribution is 2.33. The molecule has 1 aliphatic heterocycles. The molecule has 1 saturated heterocycles. The number of hydrogen-bond donors (Lipinski definition) is 2. The van der Waals surface area contributed by atoms with Gasteiger partial charge in [0.1, 0.15) is 0 Å². The number of alkyl halides is 3. The second-order valence-corrected chi connectivity index (χ2v) is 4.93. The van der Waals surface area contributed by atoms with Crippen molar-refractivity contribution in [3.8, 4) is 0 Å². The fourth-order valence-electron chi connectivity index (χ4n) is 1.60. The third-order valence-corrected chi connectivity index (χ3v) is 3.14. The van der Waals surface area contributed by atoms with E-state index in [0.29, 0.717) is 13.1 Å². The van der Waals surface area contributed by atoms with Crippen LogP contribution in [0, 0.1) is 0 Å². The zero-order chi connectivity index (χ0) is 13.3. The number of hydrogen-bond acceptors (Lipinski definition) is 2. The molecule has 1 aromatic rings. The minimum Gasteiger partial charge on any atom is -0.347 e. The van der Waals surface area contributed by atoms with Gasteiger partial charge in [0.05, 0.1) is 17.2 Å². The van der Waals surface area contributed by atoms with Crippen LogP contribution >= 0.6 is 15.9 Å². The molecule has 7 heteroatoms. The summed E-state index contributed by atoms with van der Waals surface area (Å²) in [5.41, 5.74) is -1.28. The first kappa shape index (κ1) is 13.4. The summed E-state index contributed by atoms with van der Waals surface area (Å²) in [6.45, 7) is 1.17. The first-order chi connectivity index (χ1) is 8.38. The monoisotopic (exact) mass is 322 g/mol. The molecule has 0 aliphatic carbocycles. The number of carbonyl (C=O) groups excluding carboxylic acids is 1. The Bertz CT molecular complexity index is 472. The summed E-state index contributed by atoms with van der Waals surface area (Å²) in [7, 11) is 0. The molecule has 3 nitrogen and oxygen atoms in total. The van der Waals surface area contributed by atoms with Crippen LogP contribution in [0.25, 0.3) is 0 Å². The Labute approximate surface area is 110 Å². The average molecular weight is 323 g/mol. The van der Waals surface area contributed by atoms with Crippen molar-refractivity contribution >= 4 is 21.8 Å². The third kappa shape index (κ3) is 2.84. The Morgan fingerprint density at radius 1 is 1.39 bits per heavy atom. The molecular weight excluding hydrogens is 313 g/mol. The SMILES string of the molecule is O=C(NC1CNC1)c1ccc(Br)cc1C(F)(F)F. The minimum absolute atomic E-state index is 0.0952. The summed E-state index contributed by atoms with van der Waals surface area (Å²) >= 11 is 2.97. The van der Waals surface area contributed by atoms with Crippen molar-refractivity contribution < 1.29 is 18.0 Å². The second-order valence-electron chi connectivity index (χ2n) is 4.02. The van der Waals surface area contributed by atoms with Crippen molar-refractivity contribution in [2.45, 2.75) is 12.2 Å². The molecular formula is C11H10BrF3N2O. The van der Waals surface area contributed by atoms with Crippen molar-refractivity contribution in [1.82, 2.24) is 10.6 Å². The van der Waals surface area contributed by atoms with Gasteiger partial charge in [-0.05, 0) is 18.2 Å². The van der Waals surface area contributed by atoms with E-state index >= 15 is 0 Å². The molecule has 0 spiro atoms. The van der Waals surface area contributed by atoms with Crippen molar-refractivity contribution in [2.24, 2.45) is 0 Å². The van der Waals surface area contributed by atoms with E-state index in [4.69, 9.17) is 0 Å². The van der Waals surface area contributed by atoms with Crippen LogP contribution in [-0.2, 0) is 6.18 Å². The minimum atomic E-state index is -4.55. The van der Waals surface area contributed by atoms with Crippen LogP contribution in [0.5, 0.6) is 0 Å². The molecule has 98 valence electrons. The summed E-state index contributed by atoms with van der Waals surface area (Å²) in [6, 6.07) is 3.41. The molecule has 0 saturated carbocycles. The lowest BCUT2D eigenvalue weighted by Crippen LogP contribution is -2.57. The normalized spacial score (nSPS) is 16.2. The van der Waals surface area contributed by atoms with Crippen molar-refractivity contribution in [2.75, 3.05) is 13.1 Å². The molecule has 1 aliphatic rings. The second kappa shape index (κ2) is 4.89. The predicted octanol–water partition coefficient (Wildman–Crippen LogP) is 2.17. The van der Waals surface area contributed by atoms with Gasteiger partial charge in [-0.25, -0.2) is 0 Å². The molecule has 18 heavy (non-hydrogen) atoms. The highest BCUT2D eigenvalue weighted by Gasteiger charge is 2.36. The van der Waals surface area contributed by atoms with Gasteiger partial charge >= 0.3 is 6.18 Å². The lowest BCUT2D eigenvalue weighted by molar-refractivity contribution is -0.138. The number of carbonyl (C=O) groups is 1. The fraction of sp³-hybridized carbons (Fsp3) is 0.364. The number of halogens is 4. The van der Waals surface area contributed by atoms with Gasteiger partial charge in [0.25, 0.3) is 5.91 Å². The molecule has 0 bridgehead atoms. The van der Waals surface area contributed by atoms with E-state index in [2.05, 4.69) is 26.6 Å². The molecule has 0 unspecified atom stereocenters. The fourth-order valence-corrected chi connectivity index (χ4v) is 1.96. The Morgan fingerprint density at radius 2 is 2.06 bits per heavy atom. The highest BCUT2D eigenvalue weighted by molar-refractivity contribution is 9.10. The quantitative estimate of drug-likeness (QED) is 0.876. The Kier molecular flexibility index (Phi) is 3.63. The van der Waals surface area contributed by atoms with Crippen LogP contribution in [0.3, 0.4) is 0 Å². The molecule has 0 radical (unpaired) electrons. The summed E-state index contributed by atoms with van der Waals surface area (Å²) in [4.78, 5) is 11.8. The predicted molar refractivity (Wildman–Crippen MR) is 63.3 cm³/mol. The zero-order valence-corrected chi connectivity index (χ0v) is 10.7. The molecule has 2 rings (SSSR count). The number of amides is 1. The van der Waals surface area contributed by atoms with E-state index in [9.17, 15) is 18.0 Å². The van der Waals surface area contributed by atoms with E-state index in [0.717, 1.165) is 6.07 Å². The van der Waals surface area contributed by atoms with Crippen LogP contribution in [0.1, 0.15) is 15.9 Å². The van der Waals surface area contributed by atoms with Gasteiger partial charge in [-0.1, -0.05) is 15.9 Å². The molecule has 1 aromatic carbocycles. The molecule has 0 atom stereocenters. The first-order valence-electron chi connectivity index (χ1n) is 5.26. The maximum absolute atomic E-state index is 12.8. The molecule has 2 N–H and O–H groups in total. The molecule has 1 heterocycles. The summed E-state index contributed by atoms with van der Waals surface area (Å²) in [5, 5.41) is 5.48. The van der Waals surface area contributed by atoms with Crippen LogP contribution in [0.4, 0.5) is 13.2 Å². The zero-order valence-electron chi connectivity index (χ0n) is 9.14. The van der Waals surface area contributed by atoms with Gasteiger partial charge in [-0.15, -0.1) is 0 Å². The van der Waals surface area contributed by atoms with E-state index < -0.39 is 17.6 Å². The van der Waals surface area contributed by atoms with Gasteiger partial charge < -0.3 is 10.6 Å². The van der Waals surface area contributed by atoms with Gasteiger partial charge in [-0.3, -0.25) is 4.79 Å². The number of benzene rings is 1. The van der Waals surface area contributed by atoms with Crippen molar-refractivity contribution in [3.05, 3.63) is 33.8 Å². The van der Waals surface area contributed by atoms with E-state index in [1.54, 1.807) is 0 Å². The van der Waals surface area contributed by atoms with E-state index in [1.165, 1.54) is 12.1 Å². The van der Waals surface area contributed by atoms with Crippen molar-refractivity contribution in [1.29, 1.82) is 0 Å². The third-order valence-electron chi connectivity index (χ3n) is 2.65. The largest absolute Gasteiger partial charge is 0.417 e. The van der Waals surface area contributed by atoms with E-state index in [-0.39, 0.29) is 16.1 Å². The Balaban J connectivity index is 2.28. The molecule has 0 aromatic heterocycles. The van der Waals surface area contributed by atoms with Gasteiger partial charge in [0.2, 0.25) is 0 Å². The van der Waals surface area contributed by atoms with Gasteiger partial charge in [0, 0.05) is 17.6 Å². The first-order valence-corrected chi connectivity index (χ1v) is 6.05. The lowest BCUT2D eigenvalue weighted by Gasteiger charge is -2.28. The Hall–Kier alpha value is -1.08. The highest BCUT2D eigenvalue weighted by atomic mass is 79.9. The maximum Gasteiger partial charge on any atom is 0.417 e. The van der Waals surface area contributed by atoms with Crippen molar-refractivity contribution in [3.63, 3.8) is 0 Å². The van der Waals surface area contributed by atoms with Gasteiger partial charge in [0.15, 0.2) is 0 Å². The summed E-state index contributed by atoms with van der Waals surface area (Å²) in [6.07, 6.45) is -4.55. The summed E-state index contributed by atoms with van der Waals surface area (Å²) < 4.78 is 38.7. The van der Waals surface area contributed by atoms with Crippen LogP contribution in [0.15, 0.2) is 22.7 Å². The standard InChI is InChI=1S/C11H10BrF3N2O/c12-6-1-2-8(9(3-6)11(13,14)15)10(18)17-7-4-16-5-7/h1-3,7,16H,4-5H2,(H,17,18). The number of nitrogens with one attached hydrogen (secondary N) is 2. The number of rotatable bonds is 2. The van der Waals surface area contributed by atoms with Crippen LogP contribution in [-0.4, -0.2) is 25.0 Å². The Morgan fingerprint density at radius 3 is 2.56 bits per heavy atom. The van der Waals surface area contributed by atoms with Crippen LogP contribution < -0.4 is 10.6 Å². The average Bonchev–Trinajstić information content (AvgIpc) is 2.22. The van der Waals surface area contributed by atoms with E-state index in [1.807, 2.05) is 0 Å². The smallest absolute Gasteiger partial charge is 0.347 e. The van der Waals surface area contributed by atoms with Gasteiger partial charge in [-0.2, -0.15) is 13.2 Å².